The van der Waals surface area contributed by atoms with Gasteiger partial charge in [-0.1, -0.05) is 18.2 Å². The number of rotatable bonds is 6. The van der Waals surface area contributed by atoms with Crippen molar-refractivity contribution in [2.24, 2.45) is 0 Å². The van der Waals surface area contributed by atoms with E-state index in [0.717, 1.165) is 5.69 Å². The van der Waals surface area contributed by atoms with E-state index in [0.29, 0.717) is 12.3 Å². The first-order chi connectivity index (χ1) is 12.0. The summed E-state index contributed by atoms with van der Waals surface area (Å²) in [5, 5.41) is 13.5. The second-order valence-corrected chi connectivity index (χ2v) is 5.36. The molecule has 0 aromatic heterocycles. The van der Waals surface area contributed by atoms with Gasteiger partial charge in [0, 0.05) is 24.4 Å². The number of ether oxygens (including phenoxy) is 1. The Bertz CT molecular complexity index is 750. The van der Waals surface area contributed by atoms with Gasteiger partial charge in [-0.05, 0) is 43.4 Å². The zero-order valence-electron chi connectivity index (χ0n) is 13.5. The fourth-order valence-electron chi connectivity index (χ4n) is 2.09. The normalized spacial score (nSPS) is 9.96. The molecule has 0 fully saturated rings. The molecule has 0 saturated heterocycles. The third-order valence-corrected chi connectivity index (χ3v) is 3.62. The number of benzene rings is 2. The van der Waals surface area contributed by atoms with Gasteiger partial charge in [0.25, 0.3) is 11.6 Å². The first-order valence-corrected chi connectivity index (χ1v) is 7.95. The molecule has 0 saturated carbocycles. The van der Waals surface area contributed by atoms with Gasteiger partial charge in [0.15, 0.2) is 11.7 Å². The summed E-state index contributed by atoms with van der Waals surface area (Å²) in [6.45, 7) is 2.29. The minimum Gasteiger partial charge on any atom is -0.484 e. The number of carbonyl (C=O) groups is 1. The molecular formula is C17H17N3O4S. The number of amides is 1. The number of nitrogens with one attached hydrogen (secondary N) is 1. The molecule has 2 rings (SSSR count). The molecule has 1 N–H and O–H groups in total. The van der Waals surface area contributed by atoms with E-state index in [-0.39, 0.29) is 17.4 Å². The predicted molar refractivity (Wildman–Crippen MR) is 98.8 cm³/mol. The summed E-state index contributed by atoms with van der Waals surface area (Å²) in [7, 11) is 0. The molecule has 7 nitrogen and oxygen atoms in total. The van der Waals surface area contributed by atoms with Crippen molar-refractivity contribution in [3.8, 4) is 5.75 Å². The summed E-state index contributed by atoms with van der Waals surface area (Å²) in [6.07, 6.45) is 0. The molecular weight excluding hydrogens is 342 g/mol. The first-order valence-electron chi connectivity index (χ1n) is 7.55. The first kappa shape index (κ1) is 18.3. The van der Waals surface area contributed by atoms with Crippen molar-refractivity contribution in [2.45, 2.75) is 6.92 Å². The molecule has 0 unspecified atom stereocenters. The molecule has 0 atom stereocenters. The second-order valence-electron chi connectivity index (χ2n) is 4.97. The number of carbonyl (C=O) groups excluding carboxylic acids is 1. The molecule has 0 radical (unpaired) electrons. The number of non-ortho nitro benzene ring substituents is 1. The van der Waals surface area contributed by atoms with E-state index in [9.17, 15) is 14.9 Å². The van der Waals surface area contributed by atoms with Gasteiger partial charge in [-0.2, -0.15) is 0 Å². The van der Waals surface area contributed by atoms with E-state index in [1.807, 2.05) is 37.3 Å². The summed E-state index contributed by atoms with van der Waals surface area (Å²) in [6, 6.07) is 15.0. The smallest absolute Gasteiger partial charge is 0.269 e. The molecule has 130 valence electrons. The Morgan fingerprint density at radius 1 is 1.20 bits per heavy atom. The summed E-state index contributed by atoms with van der Waals surface area (Å²) in [5.74, 6) is -0.0418. The number of hydrogen-bond donors (Lipinski definition) is 1. The highest BCUT2D eigenvalue weighted by molar-refractivity contribution is 7.80. The topological polar surface area (TPSA) is 84.7 Å². The van der Waals surface area contributed by atoms with E-state index in [4.69, 9.17) is 17.0 Å². The van der Waals surface area contributed by atoms with Crippen molar-refractivity contribution in [3.63, 3.8) is 0 Å². The van der Waals surface area contributed by atoms with Crippen molar-refractivity contribution in [1.82, 2.24) is 5.32 Å². The second kappa shape index (κ2) is 8.74. The van der Waals surface area contributed by atoms with E-state index in [1.165, 1.54) is 24.3 Å². The van der Waals surface area contributed by atoms with Gasteiger partial charge >= 0.3 is 0 Å². The molecule has 0 aliphatic heterocycles. The van der Waals surface area contributed by atoms with Crippen LogP contribution in [-0.4, -0.2) is 29.1 Å². The maximum absolute atomic E-state index is 12.0. The van der Waals surface area contributed by atoms with Crippen molar-refractivity contribution in [1.29, 1.82) is 0 Å². The van der Waals surface area contributed by atoms with Gasteiger partial charge in [0.2, 0.25) is 0 Å². The molecule has 2 aromatic rings. The van der Waals surface area contributed by atoms with Crippen LogP contribution in [-0.2, 0) is 4.79 Å². The summed E-state index contributed by atoms with van der Waals surface area (Å²) in [4.78, 5) is 23.9. The fraction of sp³-hybridized carbons (Fsp3) is 0.176. The summed E-state index contributed by atoms with van der Waals surface area (Å²) < 4.78 is 5.31. The lowest BCUT2D eigenvalue weighted by molar-refractivity contribution is -0.384. The Hall–Kier alpha value is -3.00. The SMILES string of the molecule is CCN(C(=S)NC(=O)COc1ccc([N+](=O)[O-])cc1)c1ccccc1. The molecule has 2 aromatic carbocycles. The third-order valence-electron chi connectivity index (χ3n) is 3.29. The lowest BCUT2D eigenvalue weighted by Crippen LogP contribution is -2.44. The average molecular weight is 359 g/mol. The average Bonchev–Trinajstić information content (AvgIpc) is 2.62. The highest BCUT2D eigenvalue weighted by atomic mass is 32.1. The van der Waals surface area contributed by atoms with Gasteiger partial charge in [0.05, 0.1) is 4.92 Å². The van der Waals surface area contributed by atoms with Gasteiger partial charge in [-0.3, -0.25) is 20.2 Å². The van der Waals surface area contributed by atoms with Crippen molar-refractivity contribution in [3.05, 3.63) is 64.7 Å². The van der Waals surface area contributed by atoms with Crippen LogP contribution in [0.3, 0.4) is 0 Å². The van der Waals surface area contributed by atoms with Crippen LogP contribution in [0, 0.1) is 10.1 Å². The third kappa shape index (κ3) is 5.25. The zero-order chi connectivity index (χ0) is 18.2. The molecule has 8 heteroatoms. The minimum atomic E-state index is -0.502. The van der Waals surface area contributed by atoms with Crippen LogP contribution in [0.25, 0.3) is 0 Å². The molecule has 25 heavy (non-hydrogen) atoms. The zero-order valence-corrected chi connectivity index (χ0v) is 14.4. The number of nitrogens with zero attached hydrogens (tertiary/aromatic N) is 2. The van der Waals surface area contributed by atoms with Crippen LogP contribution >= 0.6 is 12.2 Å². The maximum atomic E-state index is 12.0. The Morgan fingerprint density at radius 3 is 2.40 bits per heavy atom. The number of hydrogen-bond acceptors (Lipinski definition) is 5. The largest absolute Gasteiger partial charge is 0.484 e. The van der Waals surface area contributed by atoms with E-state index in [1.54, 1.807) is 4.90 Å². The van der Waals surface area contributed by atoms with Crippen molar-refractivity contribution in [2.75, 3.05) is 18.1 Å². The molecule has 0 aliphatic carbocycles. The monoisotopic (exact) mass is 359 g/mol. The number of para-hydroxylation sites is 1. The predicted octanol–water partition coefficient (Wildman–Crippen LogP) is 2.90. The minimum absolute atomic E-state index is 0.0422. The Kier molecular flexibility index (Phi) is 6.41. The quantitative estimate of drug-likeness (QED) is 0.485. The molecule has 1 amide bonds. The fourth-order valence-corrected chi connectivity index (χ4v) is 2.44. The highest BCUT2D eigenvalue weighted by Crippen LogP contribution is 2.17. The van der Waals surface area contributed by atoms with Gasteiger partial charge in [0.1, 0.15) is 5.75 Å². The van der Waals surface area contributed by atoms with E-state index >= 15 is 0 Å². The van der Waals surface area contributed by atoms with Crippen LogP contribution < -0.4 is 15.0 Å². The van der Waals surface area contributed by atoms with Gasteiger partial charge in [-0.25, -0.2) is 0 Å². The van der Waals surface area contributed by atoms with Gasteiger partial charge < -0.3 is 9.64 Å². The van der Waals surface area contributed by atoms with E-state index < -0.39 is 10.8 Å². The molecule has 0 spiro atoms. The van der Waals surface area contributed by atoms with Crippen LogP contribution in [0.4, 0.5) is 11.4 Å². The van der Waals surface area contributed by atoms with E-state index in [2.05, 4.69) is 5.32 Å². The number of nitro groups is 1. The van der Waals surface area contributed by atoms with Crippen LogP contribution in [0.2, 0.25) is 0 Å². The Balaban J connectivity index is 1.88. The number of nitro benzene ring substituents is 1. The number of anilines is 1. The Morgan fingerprint density at radius 2 is 1.84 bits per heavy atom. The standard InChI is InChI=1S/C17H17N3O4S/c1-2-19(13-6-4-3-5-7-13)17(25)18-16(21)12-24-15-10-8-14(9-11-15)20(22)23/h3-11H,2,12H2,1H3,(H,18,21,25). The van der Waals surface area contributed by atoms with Crippen LogP contribution in [0.15, 0.2) is 54.6 Å². The Labute approximate surface area is 150 Å². The van der Waals surface area contributed by atoms with Gasteiger partial charge in [-0.15, -0.1) is 0 Å². The highest BCUT2D eigenvalue weighted by Gasteiger charge is 2.13. The summed E-state index contributed by atoms with van der Waals surface area (Å²) in [5.41, 5.74) is 0.839. The lowest BCUT2D eigenvalue weighted by atomic mass is 10.3. The molecule has 0 heterocycles. The lowest BCUT2D eigenvalue weighted by Gasteiger charge is -2.23. The number of thiocarbonyl (C=S) groups is 1. The molecule has 0 aliphatic rings. The van der Waals surface area contributed by atoms with Crippen molar-refractivity contribution < 1.29 is 14.5 Å². The van der Waals surface area contributed by atoms with Crippen LogP contribution in [0.5, 0.6) is 5.75 Å². The van der Waals surface area contributed by atoms with Crippen LogP contribution in [0.1, 0.15) is 6.92 Å². The summed E-state index contributed by atoms with van der Waals surface area (Å²) >= 11 is 5.27. The van der Waals surface area contributed by atoms with Crippen molar-refractivity contribution >= 4 is 34.6 Å². The molecule has 0 bridgehead atoms. The maximum Gasteiger partial charge on any atom is 0.269 e.